The lowest BCUT2D eigenvalue weighted by Gasteiger charge is -2.32. The number of piperazine rings is 1. The van der Waals surface area contributed by atoms with E-state index in [1.54, 1.807) is 4.90 Å². The van der Waals surface area contributed by atoms with Crippen molar-refractivity contribution in [1.29, 1.82) is 0 Å². The molecule has 0 amide bonds. The molecule has 3 nitrogen and oxygen atoms in total. The van der Waals surface area contributed by atoms with Crippen molar-refractivity contribution in [2.24, 2.45) is 0 Å². The molecule has 1 saturated heterocycles. The van der Waals surface area contributed by atoms with Crippen molar-refractivity contribution in [1.82, 2.24) is 10.2 Å². The minimum absolute atomic E-state index is 0.874. The molecule has 0 bridgehead atoms. The molecule has 102 valence electrons. The van der Waals surface area contributed by atoms with Gasteiger partial charge in [-0.25, -0.2) is 0 Å². The van der Waals surface area contributed by atoms with E-state index in [0.29, 0.717) is 0 Å². The Kier molecular flexibility index (Phi) is 5.36. The van der Waals surface area contributed by atoms with E-state index in [1.807, 2.05) is 13.1 Å². The Morgan fingerprint density at radius 3 is 2.63 bits per heavy atom. The van der Waals surface area contributed by atoms with Gasteiger partial charge in [0.2, 0.25) is 0 Å². The fourth-order valence-corrected chi connectivity index (χ4v) is 2.50. The number of nitrogens with zero attached hydrogens (tertiary/aromatic N) is 1. The van der Waals surface area contributed by atoms with E-state index >= 15 is 0 Å². The van der Waals surface area contributed by atoms with E-state index < -0.39 is 0 Å². The molecule has 0 aliphatic carbocycles. The van der Waals surface area contributed by atoms with Crippen LogP contribution in [0.4, 0.5) is 0 Å². The minimum atomic E-state index is 0.874. The second kappa shape index (κ2) is 7.26. The number of hydrogen-bond acceptors (Lipinski definition) is 1. The normalized spacial score (nSPS) is 16.8. The molecule has 2 rings (SSSR count). The number of hydrogen-bond donors (Lipinski definition) is 2. The van der Waals surface area contributed by atoms with Crippen LogP contribution >= 0.6 is 12.2 Å². The Labute approximate surface area is 120 Å². The van der Waals surface area contributed by atoms with Crippen LogP contribution in [0.15, 0.2) is 36.4 Å². The third kappa shape index (κ3) is 4.33. The topological polar surface area (TPSA) is 19.7 Å². The number of thiocarbonyl (C=S) groups is 1. The maximum atomic E-state index is 5.26. The molecule has 2 N–H and O–H groups in total. The van der Waals surface area contributed by atoms with Crippen molar-refractivity contribution in [2.75, 3.05) is 39.8 Å². The molecule has 0 aromatic heterocycles. The van der Waals surface area contributed by atoms with Gasteiger partial charge >= 0.3 is 0 Å². The number of nitrogens with one attached hydrogen (secondary N) is 2. The summed E-state index contributed by atoms with van der Waals surface area (Å²) in [5, 5.41) is 3.92. The quantitative estimate of drug-likeness (QED) is 0.780. The summed E-state index contributed by atoms with van der Waals surface area (Å²) in [5.74, 6) is 0. The molecule has 1 aromatic carbocycles. The summed E-state index contributed by atoms with van der Waals surface area (Å²) in [6, 6.07) is 10.5. The third-order valence-electron chi connectivity index (χ3n) is 3.49. The van der Waals surface area contributed by atoms with Crippen LogP contribution in [0, 0.1) is 0 Å². The molecule has 4 heteroatoms. The van der Waals surface area contributed by atoms with E-state index in [-0.39, 0.29) is 0 Å². The minimum Gasteiger partial charge on any atom is -0.366 e. The lowest BCUT2D eigenvalue weighted by molar-refractivity contribution is -0.897. The summed E-state index contributed by atoms with van der Waals surface area (Å²) in [6.07, 6.45) is 4.48. The first kappa shape index (κ1) is 14.0. The highest BCUT2D eigenvalue weighted by molar-refractivity contribution is 7.80. The van der Waals surface area contributed by atoms with Gasteiger partial charge in [0.1, 0.15) is 0 Å². The van der Waals surface area contributed by atoms with Crippen molar-refractivity contribution in [2.45, 2.75) is 0 Å². The van der Waals surface area contributed by atoms with Crippen LogP contribution in [0.25, 0.3) is 6.08 Å². The molecule has 1 fully saturated rings. The van der Waals surface area contributed by atoms with Gasteiger partial charge < -0.3 is 15.1 Å². The highest BCUT2D eigenvalue weighted by atomic mass is 32.1. The van der Waals surface area contributed by atoms with Crippen molar-refractivity contribution in [3.05, 3.63) is 42.0 Å². The molecular weight excluding hydrogens is 254 g/mol. The first-order valence-electron chi connectivity index (χ1n) is 6.81. The van der Waals surface area contributed by atoms with Crippen molar-refractivity contribution >= 4 is 23.4 Å². The predicted octanol–water partition coefficient (Wildman–Crippen LogP) is 0.405. The largest absolute Gasteiger partial charge is 0.366 e. The summed E-state index contributed by atoms with van der Waals surface area (Å²) >= 11 is 5.26. The molecule has 0 radical (unpaired) electrons. The molecule has 1 aliphatic rings. The highest BCUT2D eigenvalue weighted by Crippen LogP contribution is 1.99. The molecule has 1 heterocycles. The van der Waals surface area contributed by atoms with E-state index in [2.05, 4.69) is 46.6 Å². The van der Waals surface area contributed by atoms with Crippen LogP contribution < -0.4 is 10.2 Å². The zero-order valence-electron chi connectivity index (χ0n) is 11.4. The van der Waals surface area contributed by atoms with Crippen LogP contribution in [0.1, 0.15) is 5.56 Å². The fourth-order valence-electron chi connectivity index (χ4n) is 2.31. The van der Waals surface area contributed by atoms with Crippen molar-refractivity contribution in [3.63, 3.8) is 0 Å². The number of quaternary nitrogens is 1. The summed E-state index contributed by atoms with van der Waals surface area (Å²) in [7, 11) is 1.89. The molecule has 0 saturated carbocycles. The monoisotopic (exact) mass is 276 g/mol. The van der Waals surface area contributed by atoms with Gasteiger partial charge in [-0.2, -0.15) is 0 Å². The summed E-state index contributed by atoms with van der Waals surface area (Å²) in [4.78, 5) is 3.88. The molecule has 0 atom stereocenters. The highest BCUT2D eigenvalue weighted by Gasteiger charge is 2.19. The smallest absolute Gasteiger partial charge is 0.169 e. The number of benzene rings is 1. The van der Waals surface area contributed by atoms with Gasteiger partial charge in [0, 0.05) is 7.05 Å². The van der Waals surface area contributed by atoms with Gasteiger partial charge in [-0.05, 0) is 23.9 Å². The first-order valence-corrected chi connectivity index (χ1v) is 7.22. The van der Waals surface area contributed by atoms with E-state index in [1.165, 1.54) is 5.56 Å². The Morgan fingerprint density at radius 1 is 1.32 bits per heavy atom. The Morgan fingerprint density at radius 2 is 2.00 bits per heavy atom. The summed E-state index contributed by atoms with van der Waals surface area (Å²) < 4.78 is 0. The van der Waals surface area contributed by atoms with Gasteiger partial charge in [0.15, 0.2) is 5.11 Å². The van der Waals surface area contributed by atoms with Gasteiger partial charge in [-0.15, -0.1) is 0 Å². The Balaban J connectivity index is 1.74. The van der Waals surface area contributed by atoms with Crippen LogP contribution in [0.3, 0.4) is 0 Å². The lowest BCUT2D eigenvalue weighted by atomic mass is 10.2. The van der Waals surface area contributed by atoms with E-state index in [0.717, 1.165) is 37.8 Å². The fraction of sp³-hybridized carbons (Fsp3) is 0.400. The lowest BCUT2D eigenvalue weighted by Crippen LogP contribution is -3.14. The Hall–Kier alpha value is -1.39. The maximum absolute atomic E-state index is 5.26. The second-order valence-electron chi connectivity index (χ2n) is 4.81. The van der Waals surface area contributed by atoms with Gasteiger partial charge in [-0.1, -0.05) is 36.4 Å². The predicted molar refractivity (Wildman–Crippen MR) is 84.3 cm³/mol. The first-order chi connectivity index (χ1) is 9.29. The third-order valence-corrected chi connectivity index (χ3v) is 3.95. The average molecular weight is 276 g/mol. The van der Waals surface area contributed by atoms with E-state index in [9.17, 15) is 0 Å². The molecule has 0 unspecified atom stereocenters. The van der Waals surface area contributed by atoms with Gasteiger partial charge in [0.05, 0.1) is 32.7 Å². The van der Waals surface area contributed by atoms with Crippen LogP contribution in [-0.4, -0.2) is 49.8 Å². The van der Waals surface area contributed by atoms with Crippen LogP contribution in [0.5, 0.6) is 0 Å². The molecular formula is C15H22N3S+. The molecule has 0 spiro atoms. The second-order valence-corrected chi connectivity index (χ2v) is 5.20. The zero-order chi connectivity index (χ0) is 13.5. The summed E-state index contributed by atoms with van der Waals surface area (Å²) in [5.41, 5.74) is 1.27. The van der Waals surface area contributed by atoms with Crippen LogP contribution in [0.2, 0.25) is 0 Å². The van der Waals surface area contributed by atoms with Crippen molar-refractivity contribution in [3.8, 4) is 0 Å². The van der Waals surface area contributed by atoms with E-state index in [4.69, 9.17) is 12.2 Å². The van der Waals surface area contributed by atoms with Gasteiger partial charge in [0.25, 0.3) is 0 Å². The van der Waals surface area contributed by atoms with Crippen LogP contribution in [-0.2, 0) is 0 Å². The molecule has 1 aliphatic heterocycles. The molecule has 19 heavy (non-hydrogen) atoms. The molecule has 1 aromatic rings. The SMILES string of the molecule is CNC(=S)N1CC[NH+](C/C=C/c2ccccc2)CC1. The zero-order valence-corrected chi connectivity index (χ0v) is 12.2. The average Bonchev–Trinajstić information content (AvgIpc) is 2.48. The summed E-state index contributed by atoms with van der Waals surface area (Å²) in [6.45, 7) is 5.50. The standard InChI is InChI=1S/C15H21N3S/c1-16-15(19)18-12-10-17(11-13-18)9-5-8-14-6-3-2-4-7-14/h2-8H,9-13H2,1H3,(H,16,19)/p+1/b8-5+. The maximum Gasteiger partial charge on any atom is 0.169 e. The Bertz CT molecular complexity index is 422. The van der Waals surface area contributed by atoms with Crippen molar-refractivity contribution < 1.29 is 4.90 Å². The van der Waals surface area contributed by atoms with Gasteiger partial charge in [-0.3, -0.25) is 0 Å². The number of rotatable bonds is 3.